The molecule has 224 valence electrons. The van der Waals surface area contributed by atoms with Crippen molar-refractivity contribution in [3.63, 3.8) is 0 Å². The van der Waals surface area contributed by atoms with E-state index in [-0.39, 0.29) is 0 Å². The van der Waals surface area contributed by atoms with Gasteiger partial charge in [0.05, 0.1) is 45.3 Å². The second kappa shape index (κ2) is 11.0. The van der Waals surface area contributed by atoms with Gasteiger partial charge in [0.15, 0.2) is 0 Å². The number of allylic oxidation sites excluding steroid dienone is 4. The molecule has 4 heteroatoms. The Balaban J connectivity index is 1.25. The van der Waals surface area contributed by atoms with Gasteiger partial charge in [0.1, 0.15) is 0 Å². The highest BCUT2D eigenvalue weighted by Gasteiger charge is 2.22. The molecule has 0 radical (unpaired) electrons. The van der Waals surface area contributed by atoms with E-state index in [1.54, 1.807) is 0 Å². The minimum atomic E-state index is 0.652. The Morgan fingerprint density at radius 2 is 1.10 bits per heavy atom. The molecule has 4 nitrogen and oxygen atoms in total. The number of benzene rings is 6. The fraction of sp³-hybridized carbons (Fsp3) is 0.0455. The molecular formula is C44H28N4. The van der Waals surface area contributed by atoms with Crippen molar-refractivity contribution in [2.24, 2.45) is 0 Å². The summed E-state index contributed by atoms with van der Waals surface area (Å²) in [4.78, 5) is 0. The van der Waals surface area contributed by atoms with Crippen molar-refractivity contribution in [2.75, 3.05) is 0 Å². The van der Waals surface area contributed by atoms with Gasteiger partial charge in [-0.25, -0.2) is 0 Å². The average Bonchev–Trinajstić information content (AvgIpc) is 3.68. The van der Waals surface area contributed by atoms with Crippen LogP contribution in [0.1, 0.15) is 29.5 Å². The highest BCUT2D eigenvalue weighted by molar-refractivity contribution is 6.13. The van der Waals surface area contributed by atoms with Crippen LogP contribution in [-0.4, -0.2) is 9.13 Å². The predicted octanol–water partition coefficient (Wildman–Crippen LogP) is 11.0. The third kappa shape index (κ3) is 4.07. The van der Waals surface area contributed by atoms with Crippen molar-refractivity contribution >= 4 is 54.9 Å². The van der Waals surface area contributed by atoms with E-state index >= 15 is 0 Å². The summed E-state index contributed by atoms with van der Waals surface area (Å²) in [6, 6.07) is 50.8. The topological polar surface area (TPSA) is 57.4 Å². The van der Waals surface area contributed by atoms with Gasteiger partial charge in [-0.2, -0.15) is 10.5 Å². The van der Waals surface area contributed by atoms with Crippen molar-refractivity contribution in [1.82, 2.24) is 9.13 Å². The van der Waals surface area contributed by atoms with E-state index in [4.69, 9.17) is 0 Å². The minimum absolute atomic E-state index is 0.652. The summed E-state index contributed by atoms with van der Waals surface area (Å²) in [5.41, 5.74) is 12.1. The Kier molecular flexibility index (Phi) is 6.35. The molecule has 48 heavy (non-hydrogen) atoms. The minimum Gasteiger partial charge on any atom is -0.309 e. The first-order chi connectivity index (χ1) is 23.8. The average molecular weight is 613 g/mol. The van der Waals surface area contributed by atoms with E-state index in [0.717, 1.165) is 62.7 Å². The first-order valence-corrected chi connectivity index (χ1v) is 16.2. The van der Waals surface area contributed by atoms with Gasteiger partial charge >= 0.3 is 0 Å². The summed E-state index contributed by atoms with van der Waals surface area (Å²) in [5.74, 6) is 0. The first-order valence-electron chi connectivity index (χ1n) is 16.2. The summed E-state index contributed by atoms with van der Waals surface area (Å²) in [5, 5.41) is 24.8. The van der Waals surface area contributed by atoms with Gasteiger partial charge in [-0.3, -0.25) is 0 Å². The second-order valence-corrected chi connectivity index (χ2v) is 12.2. The Morgan fingerprint density at radius 1 is 0.521 bits per heavy atom. The number of nitrogens with zero attached hydrogens (tertiary/aromatic N) is 4. The van der Waals surface area contributed by atoms with Crippen molar-refractivity contribution < 1.29 is 0 Å². The van der Waals surface area contributed by atoms with Gasteiger partial charge in [0, 0.05) is 38.5 Å². The highest BCUT2D eigenvalue weighted by atomic mass is 15.0. The standard InChI is InChI=1S/C44H28N4/c45-27-30-11-9-17-36(35-15-3-7-20-40(35)48-38-18-5-1-13-33(38)34-14-2-6-19-39(34)48)43(30)29-23-25-32(26-24-29)47-41-21-8-4-16-37(41)44-31(28-46)12-10-22-42(44)47/h1-2,4-14,16-26H,3,15H2. The third-order valence-corrected chi connectivity index (χ3v) is 9.71. The molecule has 0 spiro atoms. The van der Waals surface area contributed by atoms with E-state index in [1.807, 2.05) is 36.4 Å². The second-order valence-electron chi connectivity index (χ2n) is 12.2. The maximum Gasteiger partial charge on any atom is 0.0998 e. The molecule has 8 aromatic rings. The van der Waals surface area contributed by atoms with Gasteiger partial charge in [0.2, 0.25) is 0 Å². The number of hydrogen-bond acceptors (Lipinski definition) is 2. The zero-order valence-electron chi connectivity index (χ0n) is 26.1. The molecule has 1 aliphatic carbocycles. The molecule has 6 aromatic carbocycles. The summed E-state index contributed by atoms with van der Waals surface area (Å²) < 4.78 is 4.61. The number of fused-ring (bicyclic) bond motifs is 6. The van der Waals surface area contributed by atoms with Crippen LogP contribution in [0.3, 0.4) is 0 Å². The van der Waals surface area contributed by atoms with Gasteiger partial charge < -0.3 is 9.13 Å². The molecule has 0 atom stereocenters. The number of nitriles is 2. The number of hydrogen-bond donors (Lipinski definition) is 0. The molecule has 0 aliphatic heterocycles. The van der Waals surface area contributed by atoms with Gasteiger partial charge in [0.25, 0.3) is 0 Å². The lowest BCUT2D eigenvalue weighted by atomic mass is 9.86. The monoisotopic (exact) mass is 612 g/mol. The number of rotatable bonds is 4. The molecule has 2 aromatic heterocycles. The van der Waals surface area contributed by atoms with E-state index in [0.29, 0.717) is 11.1 Å². The Bertz CT molecular complexity index is 2680. The predicted molar refractivity (Wildman–Crippen MR) is 197 cm³/mol. The molecule has 0 saturated heterocycles. The van der Waals surface area contributed by atoms with Crippen LogP contribution in [0.2, 0.25) is 0 Å². The molecule has 9 rings (SSSR count). The van der Waals surface area contributed by atoms with Crippen LogP contribution in [0.4, 0.5) is 0 Å². The SMILES string of the molecule is N#Cc1cccc(C2=C(n3c4ccccc4c4ccccc43)C=CCC2)c1-c1ccc(-n2c3ccccc3c3c(C#N)cccc32)cc1. The highest BCUT2D eigenvalue weighted by Crippen LogP contribution is 2.42. The van der Waals surface area contributed by atoms with Gasteiger partial charge in [-0.05, 0) is 84.1 Å². The normalized spacial score (nSPS) is 13.0. The lowest BCUT2D eigenvalue weighted by molar-refractivity contribution is 1.04. The Labute approximate surface area is 277 Å². The van der Waals surface area contributed by atoms with Crippen LogP contribution >= 0.6 is 0 Å². The Morgan fingerprint density at radius 3 is 1.79 bits per heavy atom. The van der Waals surface area contributed by atoms with Crippen LogP contribution in [0.15, 0.2) is 146 Å². The quantitative estimate of drug-likeness (QED) is 0.199. The van der Waals surface area contributed by atoms with E-state index in [2.05, 4.69) is 130 Å². The van der Waals surface area contributed by atoms with Crippen LogP contribution in [0.25, 0.3) is 71.7 Å². The molecule has 0 N–H and O–H groups in total. The summed E-state index contributed by atoms with van der Waals surface area (Å²) in [6.07, 6.45) is 6.31. The summed E-state index contributed by atoms with van der Waals surface area (Å²) in [7, 11) is 0. The van der Waals surface area contributed by atoms with E-state index in [1.165, 1.54) is 27.4 Å². The number of aromatic nitrogens is 2. The molecule has 0 saturated carbocycles. The summed E-state index contributed by atoms with van der Waals surface area (Å²) in [6.45, 7) is 0. The summed E-state index contributed by atoms with van der Waals surface area (Å²) >= 11 is 0. The zero-order chi connectivity index (χ0) is 32.2. The molecule has 0 bridgehead atoms. The molecule has 0 amide bonds. The molecule has 0 fully saturated rings. The fourth-order valence-corrected chi connectivity index (χ4v) is 7.69. The van der Waals surface area contributed by atoms with Gasteiger partial charge in [-0.1, -0.05) is 91.0 Å². The van der Waals surface area contributed by atoms with Crippen molar-refractivity contribution in [3.05, 3.63) is 162 Å². The largest absolute Gasteiger partial charge is 0.309 e. The van der Waals surface area contributed by atoms with Gasteiger partial charge in [-0.15, -0.1) is 0 Å². The van der Waals surface area contributed by atoms with Crippen LogP contribution in [-0.2, 0) is 0 Å². The zero-order valence-corrected chi connectivity index (χ0v) is 26.1. The lowest BCUT2D eigenvalue weighted by Gasteiger charge is -2.22. The first kappa shape index (κ1) is 27.7. The molecule has 0 unspecified atom stereocenters. The van der Waals surface area contributed by atoms with E-state index < -0.39 is 0 Å². The smallest absolute Gasteiger partial charge is 0.0998 e. The van der Waals surface area contributed by atoms with E-state index in [9.17, 15) is 10.5 Å². The Hall–Kier alpha value is -6.62. The maximum atomic E-state index is 10.4. The fourth-order valence-electron chi connectivity index (χ4n) is 7.69. The van der Waals surface area contributed by atoms with Crippen molar-refractivity contribution in [3.8, 4) is 29.0 Å². The number of para-hydroxylation sites is 3. The van der Waals surface area contributed by atoms with Crippen LogP contribution < -0.4 is 0 Å². The maximum absolute atomic E-state index is 10.4. The molecule has 2 heterocycles. The third-order valence-electron chi connectivity index (χ3n) is 9.71. The molecular weight excluding hydrogens is 585 g/mol. The van der Waals surface area contributed by atoms with Crippen LogP contribution in [0.5, 0.6) is 0 Å². The van der Waals surface area contributed by atoms with Crippen molar-refractivity contribution in [1.29, 1.82) is 10.5 Å². The molecule has 1 aliphatic rings. The lowest BCUT2D eigenvalue weighted by Crippen LogP contribution is -2.04. The van der Waals surface area contributed by atoms with Crippen LogP contribution in [0, 0.1) is 22.7 Å². The van der Waals surface area contributed by atoms with Crippen molar-refractivity contribution in [2.45, 2.75) is 12.8 Å².